The molecule has 2 aliphatic rings. The number of carboxylic acid groups (broad SMARTS) is 1. The third-order valence-corrected chi connectivity index (χ3v) is 8.27. The molecule has 0 unspecified atom stereocenters. The maximum Gasteiger partial charge on any atom is 0.290 e. The summed E-state index contributed by atoms with van der Waals surface area (Å²) >= 11 is 0. The van der Waals surface area contributed by atoms with Gasteiger partial charge in [0.1, 0.15) is 0 Å². The summed E-state index contributed by atoms with van der Waals surface area (Å²) in [4.78, 5) is 13.0. The van der Waals surface area contributed by atoms with Gasteiger partial charge in [-0.2, -0.15) is 0 Å². The first kappa shape index (κ1) is 25.0. The van der Waals surface area contributed by atoms with Crippen molar-refractivity contribution in [1.29, 1.82) is 0 Å². The summed E-state index contributed by atoms with van der Waals surface area (Å²) in [7, 11) is -3.77. The first-order chi connectivity index (χ1) is 16.9. The average Bonchev–Trinajstić information content (AvgIpc) is 3.48. The van der Waals surface area contributed by atoms with E-state index in [-0.39, 0.29) is 17.5 Å². The molecule has 10 heteroatoms. The Morgan fingerprint density at radius 3 is 2.43 bits per heavy atom. The summed E-state index contributed by atoms with van der Waals surface area (Å²) in [6.45, 7) is 6.72. The molecule has 3 N–H and O–H groups in total. The average molecular weight is 501 g/mol. The SMILES string of the molecule is CCc1cn(S(=O)(=O)c2cccc(N3CC[C@H](O)C3)c2)c2cc(N3CCNCC3)ccc12.O=CO. The van der Waals surface area contributed by atoms with Gasteiger partial charge in [-0.15, -0.1) is 0 Å². The van der Waals surface area contributed by atoms with Crippen molar-refractivity contribution < 1.29 is 23.4 Å². The van der Waals surface area contributed by atoms with Crippen LogP contribution in [0.4, 0.5) is 11.4 Å². The van der Waals surface area contributed by atoms with Gasteiger partial charge in [-0.1, -0.05) is 19.1 Å². The number of fused-ring (bicyclic) bond motifs is 1. The van der Waals surface area contributed by atoms with E-state index in [4.69, 9.17) is 9.90 Å². The fraction of sp³-hybridized carbons (Fsp3) is 0.400. The summed E-state index contributed by atoms with van der Waals surface area (Å²) in [5.74, 6) is 0. The van der Waals surface area contributed by atoms with Gasteiger partial charge in [-0.3, -0.25) is 4.79 Å². The number of β-amino-alcohol motifs (C(OH)–C–C–N with tert-alkyl or cyclic N) is 1. The first-order valence-electron chi connectivity index (χ1n) is 11.8. The van der Waals surface area contributed by atoms with E-state index in [0.29, 0.717) is 13.0 Å². The van der Waals surface area contributed by atoms with E-state index in [2.05, 4.69) is 29.3 Å². The third kappa shape index (κ3) is 5.14. The predicted molar refractivity (Wildman–Crippen MR) is 137 cm³/mol. The minimum atomic E-state index is -3.77. The fourth-order valence-electron chi connectivity index (χ4n) is 4.79. The second-order valence-electron chi connectivity index (χ2n) is 8.74. The standard InChI is InChI=1S/C24H30N4O3S.CH2O2/c1-2-18-16-28(24-15-20(6-7-23(18)24)26-12-9-25-10-13-26)32(30,31)22-5-3-4-19(14-22)27-11-8-21(29)17-27;2-1-3/h3-7,14-16,21,25,29H,2,8-13,17H2,1H3;1H,(H,2,3)/t21-;/m0./s1. The number of benzene rings is 2. The highest BCUT2D eigenvalue weighted by atomic mass is 32.2. The van der Waals surface area contributed by atoms with Gasteiger partial charge in [0.15, 0.2) is 0 Å². The third-order valence-electron chi connectivity index (χ3n) is 6.60. The lowest BCUT2D eigenvalue weighted by Gasteiger charge is -2.29. The number of carbonyl (C=O) groups is 1. The summed E-state index contributed by atoms with van der Waals surface area (Å²) in [5.41, 5.74) is 3.63. The molecule has 3 heterocycles. The van der Waals surface area contributed by atoms with Gasteiger partial charge >= 0.3 is 0 Å². The fourth-order valence-corrected chi connectivity index (χ4v) is 6.21. The van der Waals surface area contributed by atoms with Gasteiger partial charge in [0.25, 0.3) is 16.5 Å². The Labute approximate surface area is 205 Å². The number of aryl methyl sites for hydroxylation is 1. The highest BCUT2D eigenvalue weighted by molar-refractivity contribution is 7.90. The highest BCUT2D eigenvalue weighted by Gasteiger charge is 2.25. The van der Waals surface area contributed by atoms with E-state index in [9.17, 15) is 13.5 Å². The first-order valence-corrected chi connectivity index (χ1v) is 13.3. The summed E-state index contributed by atoms with van der Waals surface area (Å²) in [6.07, 6.45) is 2.87. The molecule has 0 bridgehead atoms. The van der Waals surface area contributed by atoms with E-state index in [1.807, 2.05) is 17.0 Å². The monoisotopic (exact) mass is 500 g/mol. The van der Waals surface area contributed by atoms with Crippen LogP contribution in [0.2, 0.25) is 0 Å². The molecule has 2 aliphatic heterocycles. The van der Waals surface area contributed by atoms with E-state index in [1.54, 1.807) is 24.4 Å². The molecule has 1 aromatic heterocycles. The van der Waals surface area contributed by atoms with Crippen LogP contribution < -0.4 is 15.1 Å². The molecular formula is C25H32N4O5S. The number of aliphatic hydroxyl groups excluding tert-OH is 1. The lowest BCUT2D eigenvalue weighted by molar-refractivity contribution is -0.122. The van der Waals surface area contributed by atoms with Gasteiger partial charge in [0.2, 0.25) is 0 Å². The minimum absolute atomic E-state index is 0.250. The maximum atomic E-state index is 13.8. The number of hydrogen-bond acceptors (Lipinski definition) is 7. The zero-order valence-electron chi connectivity index (χ0n) is 19.8. The van der Waals surface area contributed by atoms with E-state index in [0.717, 1.165) is 67.0 Å². The molecule has 188 valence electrons. The van der Waals surface area contributed by atoms with Crippen LogP contribution in [0.1, 0.15) is 18.9 Å². The van der Waals surface area contributed by atoms with Crippen molar-refractivity contribution in [2.24, 2.45) is 0 Å². The van der Waals surface area contributed by atoms with Crippen LogP contribution in [0.15, 0.2) is 53.6 Å². The topological polar surface area (TPSA) is 115 Å². The highest BCUT2D eigenvalue weighted by Crippen LogP contribution is 2.31. The lowest BCUT2D eigenvalue weighted by atomic mass is 10.1. The molecule has 0 aliphatic carbocycles. The Kier molecular flexibility index (Phi) is 7.63. The van der Waals surface area contributed by atoms with E-state index in [1.165, 1.54) is 3.97 Å². The maximum absolute atomic E-state index is 13.8. The number of nitrogens with one attached hydrogen (secondary N) is 1. The number of anilines is 2. The number of nitrogens with zero attached hydrogens (tertiary/aromatic N) is 3. The molecule has 35 heavy (non-hydrogen) atoms. The molecule has 9 nitrogen and oxygen atoms in total. The predicted octanol–water partition coefficient (Wildman–Crippen LogP) is 2.12. The van der Waals surface area contributed by atoms with Crippen molar-refractivity contribution >= 4 is 38.8 Å². The molecule has 1 atom stereocenters. The molecule has 5 rings (SSSR count). The van der Waals surface area contributed by atoms with Crippen LogP contribution >= 0.6 is 0 Å². The van der Waals surface area contributed by atoms with Crippen molar-refractivity contribution in [2.75, 3.05) is 49.1 Å². The van der Waals surface area contributed by atoms with Crippen LogP contribution in [-0.4, -0.2) is 74.4 Å². The van der Waals surface area contributed by atoms with Crippen molar-refractivity contribution in [3.8, 4) is 0 Å². The number of aliphatic hydroxyl groups is 1. The van der Waals surface area contributed by atoms with Gasteiger partial charge in [-0.25, -0.2) is 12.4 Å². The van der Waals surface area contributed by atoms with Crippen LogP contribution in [-0.2, 0) is 21.2 Å². The summed E-state index contributed by atoms with van der Waals surface area (Å²) in [6, 6.07) is 13.2. The van der Waals surface area contributed by atoms with Gasteiger partial charge in [-0.05, 0) is 48.7 Å². The smallest absolute Gasteiger partial charge is 0.290 e. The van der Waals surface area contributed by atoms with Crippen LogP contribution in [0.25, 0.3) is 10.9 Å². The Bertz CT molecular complexity index is 1280. The second-order valence-corrected chi connectivity index (χ2v) is 10.6. The molecule has 2 aromatic carbocycles. The molecule has 3 aromatic rings. The molecule has 0 radical (unpaired) electrons. The Balaban J connectivity index is 0.000000917. The Morgan fingerprint density at radius 2 is 1.77 bits per heavy atom. The van der Waals surface area contributed by atoms with Crippen LogP contribution in [0.5, 0.6) is 0 Å². The number of hydrogen-bond donors (Lipinski definition) is 3. The van der Waals surface area contributed by atoms with Crippen LogP contribution in [0, 0.1) is 0 Å². The quantitative estimate of drug-likeness (QED) is 0.457. The zero-order valence-corrected chi connectivity index (χ0v) is 20.6. The van der Waals surface area contributed by atoms with Gasteiger partial charge < -0.3 is 25.3 Å². The summed E-state index contributed by atoms with van der Waals surface area (Å²) in [5, 5.41) is 21.1. The van der Waals surface area contributed by atoms with E-state index < -0.39 is 10.0 Å². The lowest BCUT2D eigenvalue weighted by Crippen LogP contribution is -2.43. The van der Waals surface area contributed by atoms with Gasteiger partial charge in [0, 0.05) is 62.2 Å². The van der Waals surface area contributed by atoms with Crippen molar-refractivity contribution in [3.63, 3.8) is 0 Å². The van der Waals surface area contributed by atoms with Crippen LogP contribution in [0.3, 0.4) is 0 Å². The van der Waals surface area contributed by atoms with E-state index >= 15 is 0 Å². The molecule has 2 saturated heterocycles. The molecular weight excluding hydrogens is 468 g/mol. The number of rotatable bonds is 5. The van der Waals surface area contributed by atoms with Crippen molar-refractivity contribution in [2.45, 2.75) is 30.8 Å². The second kappa shape index (κ2) is 10.7. The van der Waals surface area contributed by atoms with Crippen molar-refractivity contribution in [3.05, 3.63) is 54.2 Å². The molecule has 0 amide bonds. The Hall–Kier alpha value is -3.08. The molecule has 0 saturated carbocycles. The van der Waals surface area contributed by atoms with Crippen molar-refractivity contribution in [1.82, 2.24) is 9.29 Å². The van der Waals surface area contributed by atoms with Gasteiger partial charge in [0.05, 0.1) is 16.5 Å². The Morgan fingerprint density at radius 1 is 1.06 bits per heavy atom. The molecule has 2 fully saturated rings. The number of piperazine rings is 1. The number of aromatic nitrogens is 1. The largest absolute Gasteiger partial charge is 0.483 e. The normalized spacial score (nSPS) is 18.4. The zero-order chi connectivity index (χ0) is 25.0. The summed E-state index contributed by atoms with van der Waals surface area (Å²) < 4.78 is 29.0. The molecule has 0 spiro atoms. The minimum Gasteiger partial charge on any atom is -0.483 e.